The van der Waals surface area contributed by atoms with Crippen LogP contribution in [0.25, 0.3) is 0 Å². The first-order valence-corrected chi connectivity index (χ1v) is 13.0. The Bertz CT molecular complexity index is 968. The SMILES string of the molecule is O=C1C=C2C3C4C5=CC(=O)OC56CC(C4C3C3CC2(O1)C1CCCCN31)N1CCCCC16. The Kier molecular flexibility index (Phi) is 2.97. The summed E-state index contributed by atoms with van der Waals surface area (Å²) in [4.78, 5) is 30.9. The standard InChI is InChI=1S/C26H30N2O4/c29-19-9-13-21-22-14-10-20(30)32-26(14)12-16(28-8-4-2-6-18(26)28)24(22)23(21)15-11-25(13,31-19)17-5-1-3-7-27(15)17/h9-10,15-18,21-24H,1-8,11-12H2. The number of esters is 2. The first-order chi connectivity index (χ1) is 15.6. The highest BCUT2D eigenvalue weighted by atomic mass is 16.6. The van der Waals surface area contributed by atoms with Crippen LogP contribution >= 0.6 is 0 Å². The fourth-order valence-corrected chi connectivity index (χ4v) is 10.8. The molecule has 32 heavy (non-hydrogen) atoms. The van der Waals surface area contributed by atoms with Crippen molar-refractivity contribution in [2.24, 2.45) is 23.7 Å². The highest BCUT2D eigenvalue weighted by molar-refractivity contribution is 5.89. The number of piperidine rings is 2. The van der Waals surface area contributed by atoms with E-state index in [1.54, 1.807) is 0 Å². The molecule has 10 atom stereocenters. The lowest BCUT2D eigenvalue weighted by Crippen LogP contribution is -2.66. The topological polar surface area (TPSA) is 59.1 Å². The van der Waals surface area contributed by atoms with Gasteiger partial charge >= 0.3 is 11.9 Å². The lowest BCUT2D eigenvalue weighted by Gasteiger charge is -2.64. The van der Waals surface area contributed by atoms with Gasteiger partial charge < -0.3 is 9.47 Å². The highest BCUT2D eigenvalue weighted by Crippen LogP contribution is 2.74. The van der Waals surface area contributed by atoms with E-state index in [4.69, 9.17) is 9.47 Å². The fourth-order valence-electron chi connectivity index (χ4n) is 10.8. The second-order valence-corrected chi connectivity index (χ2v) is 12.1. The summed E-state index contributed by atoms with van der Waals surface area (Å²) in [5.74, 6) is 1.59. The molecule has 6 saturated heterocycles. The van der Waals surface area contributed by atoms with Gasteiger partial charge in [0.15, 0.2) is 11.2 Å². The third kappa shape index (κ3) is 1.68. The summed E-state index contributed by atoms with van der Waals surface area (Å²) < 4.78 is 12.5. The number of rotatable bonds is 0. The molecule has 0 amide bonds. The van der Waals surface area contributed by atoms with Crippen LogP contribution in [0.4, 0.5) is 0 Å². The van der Waals surface area contributed by atoms with Gasteiger partial charge in [-0.25, -0.2) is 9.59 Å². The van der Waals surface area contributed by atoms with E-state index in [1.165, 1.54) is 36.8 Å². The Balaban J connectivity index is 1.23. The predicted octanol–water partition coefficient (Wildman–Crippen LogP) is 2.19. The summed E-state index contributed by atoms with van der Waals surface area (Å²) in [5, 5.41) is 0. The van der Waals surface area contributed by atoms with Crippen LogP contribution < -0.4 is 0 Å². The molecular weight excluding hydrogens is 404 g/mol. The quantitative estimate of drug-likeness (QED) is 0.545. The molecule has 0 aromatic heterocycles. The van der Waals surface area contributed by atoms with Gasteiger partial charge in [-0.3, -0.25) is 9.80 Å². The van der Waals surface area contributed by atoms with Crippen LogP contribution in [0.3, 0.4) is 0 Å². The molecule has 0 aromatic rings. The average Bonchev–Trinajstić information content (AvgIpc) is 3.46. The van der Waals surface area contributed by atoms with E-state index in [0.29, 0.717) is 47.8 Å². The predicted molar refractivity (Wildman–Crippen MR) is 113 cm³/mol. The number of nitrogens with zero attached hydrogens (tertiary/aromatic N) is 2. The van der Waals surface area contributed by atoms with Crippen molar-refractivity contribution in [1.82, 2.24) is 9.80 Å². The average molecular weight is 435 g/mol. The van der Waals surface area contributed by atoms with E-state index in [2.05, 4.69) is 9.80 Å². The Labute approximate surface area is 188 Å². The van der Waals surface area contributed by atoms with Crippen LogP contribution in [0.1, 0.15) is 51.4 Å². The van der Waals surface area contributed by atoms with Gasteiger partial charge in [0, 0.05) is 37.1 Å². The molecule has 1 saturated carbocycles. The third-order valence-electron chi connectivity index (χ3n) is 11.4. The molecule has 8 aliphatic heterocycles. The molecule has 9 rings (SSSR count). The second-order valence-electron chi connectivity index (χ2n) is 12.1. The molecule has 168 valence electrons. The maximum atomic E-state index is 12.7. The maximum absolute atomic E-state index is 12.7. The van der Waals surface area contributed by atoms with Gasteiger partial charge in [0.05, 0.1) is 12.1 Å². The van der Waals surface area contributed by atoms with E-state index in [0.717, 1.165) is 38.8 Å². The molecule has 8 heterocycles. The molecule has 6 heteroatoms. The van der Waals surface area contributed by atoms with Crippen molar-refractivity contribution in [2.45, 2.75) is 86.7 Å². The van der Waals surface area contributed by atoms with Crippen molar-refractivity contribution in [2.75, 3.05) is 13.1 Å². The van der Waals surface area contributed by atoms with Crippen LogP contribution in [0.2, 0.25) is 0 Å². The summed E-state index contributed by atoms with van der Waals surface area (Å²) >= 11 is 0. The number of hydrogen-bond donors (Lipinski definition) is 0. The number of ether oxygens (including phenoxy) is 2. The second kappa shape index (κ2) is 5.35. The van der Waals surface area contributed by atoms with Gasteiger partial charge in [0.25, 0.3) is 0 Å². The minimum atomic E-state index is -0.394. The summed E-state index contributed by atoms with van der Waals surface area (Å²) in [6.07, 6.45) is 13.0. The zero-order valence-corrected chi connectivity index (χ0v) is 18.4. The Morgan fingerprint density at radius 2 is 1.19 bits per heavy atom. The number of fused-ring (bicyclic) bond motifs is 8. The molecule has 4 bridgehead atoms. The van der Waals surface area contributed by atoms with Crippen molar-refractivity contribution in [3.05, 3.63) is 23.3 Å². The number of carbonyl (C=O) groups is 2. The summed E-state index contributed by atoms with van der Waals surface area (Å²) in [7, 11) is 0. The van der Waals surface area contributed by atoms with E-state index < -0.39 is 11.2 Å². The molecule has 1 aliphatic carbocycles. The summed E-state index contributed by atoms with van der Waals surface area (Å²) in [5.41, 5.74) is 1.78. The smallest absolute Gasteiger partial charge is 0.331 e. The van der Waals surface area contributed by atoms with Crippen molar-refractivity contribution >= 4 is 11.9 Å². The van der Waals surface area contributed by atoms with Gasteiger partial charge in [-0.1, -0.05) is 12.8 Å². The largest absolute Gasteiger partial charge is 0.450 e. The van der Waals surface area contributed by atoms with Gasteiger partial charge in [0.2, 0.25) is 0 Å². The van der Waals surface area contributed by atoms with Crippen LogP contribution in [-0.4, -0.2) is 70.2 Å². The first-order valence-electron chi connectivity index (χ1n) is 13.0. The zero-order valence-electron chi connectivity index (χ0n) is 18.4. The lowest BCUT2D eigenvalue weighted by molar-refractivity contribution is -0.156. The van der Waals surface area contributed by atoms with Crippen molar-refractivity contribution in [3.8, 4) is 0 Å². The summed E-state index contributed by atoms with van der Waals surface area (Å²) in [6.45, 7) is 2.29. The maximum Gasteiger partial charge on any atom is 0.331 e. The Morgan fingerprint density at radius 1 is 0.719 bits per heavy atom. The Morgan fingerprint density at radius 3 is 1.66 bits per heavy atom. The fraction of sp³-hybridized carbons (Fsp3) is 0.769. The molecule has 0 aromatic carbocycles. The molecular formula is C26H30N2O4. The molecule has 6 nitrogen and oxygen atoms in total. The normalized spacial score (nSPS) is 56.5. The van der Waals surface area contributed by atoms with Crippen LogP contribution in [0.5, 0.6) is 0 Å². The van der Waals surface area contributed by atoms with Crippen molar-refractivity contribution < 1.29 is 19.1 Å². The molecule has 0 N–H and O–H groups in total. The number of hydrogen-bond acceptors (Lipinski definition) is 6. The van der Waals surface area contributed by atoms with Gasteiger partial charge in [-0.15, -0.1) is 0 Å². The third-order valence-corrected chi connectivity index (χ3v) is 11.4. The Hall–Kier alpha value is -1.66. The highest BCUT2D eigenvalue weighted by Gasteiger charge is 2.79. The number of carbonyl (C=O) groups excluding carboxylic acids is 2. The van der Waals surface area contributed by atoms with Gasteiger partial charge in [-0.2, -0.15) is 0 Å². The van der Waals surface area contributed by atoms with Crippen molar-refractivity contribution in [1.29, 1.82) is 0 Å². The lowest BCUT2D eigenvalue weighted by atomic mass is 9.41. The van der Waals surface area contributed by atoms with Crippen LogP contribution in [0, 0.1) is 23.7 Å². The van der Waals surface area contributed by atoms with E-state index in [1.807, 2.05) is 12.2 Å². The van der Waals surface area contributed by atoms with Crippen molar-refractivity contribution in [3.63, 3.8) is 0 Å². The molecule has 9 aliphatic rings. The molecule has 7 fully saturated rings. The first kappa shape index (κ1) is 17.8. The van der Waals surface area contributed by atoms with E-state index in [-0.39, 0.29) is 11.9 Å². The zero-order chi connectivity index (χ0) is 21.0. The van der Waals surface area contributed by atoms with Gasteiger partial charge in [-0.05, 0) is 73.6 Å². The van der Waals surface area contributed by atoms with Crippen LogP contribution in [-0.2, 0) is 19.1 Å². The minimum absolute atomic E-state index is 0.131. The molecule has 0 radical (unpaired) electrons. The van der Waals surface area contributed by atoms with E-state index in [9.17, 15) is 9.59 Å². The molecule has 2 spiro atoms. The summed E-state index contributed by atoms with van der Waals surface area (Å²) in [6, 6.07) is 1.75. The van der Waals surface area contributed by atoms with Crippen LogP contribution in [0.15, 0.2) is 23.3 Å². The van der Waals surface area contributed by atoms with Gasteiger partial charge in [0.1, 0.15) is 0 Å². The van der Waals surface area contributed by atoms with E-state index >= 15 is 0 Å². The monoisotopic (exact) mass is 434 g/mol. The minimum Gasteiger partial charge on any atom is -0.450 e. The molecule has 10 unspecified atom stereocenters.